The number of rotatable bonds is 4. The number of aryl methyl sites for hydroxylation is 1. The lowest BCUT2D eigenvalue weighted by Crippen LogP contribution is -2.34. The first-order chi connectivity index (χ1) is 13.8. The molecule has 0 radical (unpaired) electrons. The molecule has 1 aliphatic carbocycles. The number of hydrogen-bond acceptors (Lipinski definition) is 0. The predicted molar refractivity (Wildman–Crippen MR) is 115 cm³/mol. The van der Waals surface area contributed by atoms with Crippen LogP contribution in [0.15, 0.2) is 73.1 Å². The van der Waals surface area contributed by atoms with E-state index in [1.807, 2.05) is 18.2 Å². The van der Waals surface area contributed by atoms with E-state index in [9.17, 15) is 0 Å². The second kappa shape index (κ2) is 7.44. The SMILES string of the molecule is Clc1ccccc1C[n+]1cccc(Cn2c3c(c4ccccc42)CCCC3)c1. The number of aromatic nitrogens is 2. The molecular weight excluding hydrogens is 364 g/mol. The minimum atomic E-state index is 0.790. The van der Waals surface area contributed by atoms with Gasteiger partial charge in [-0.15, -0.1) is 0 Å². The molecule has 0 bridgehead atoms. The van der Waals surface area contributed by atoms with E-state index in [4.69, 9.17) is 11.6 Å². The van der Waals surface area contributed by atoms with Gasteiger partial charge >= 0.3 is 0 Å². The van der Waals surface area contributed by atoms with Crippen LogP contribution in [0.25, 0.3) is 10.9 Å². The van der Waals surface area contributed by atoms with Gasteiger partial charge in [0, 0.05) is 33.8 Å². The minimum Gasteiger partial charge on any atom is -0.340 e. The lowest BCUT2D eigenvalue weighted by atomic mass is 9.95. The Bertz CT molecular complexity index is 1140. The Morgan fingerprint density at radius 3 is 2.64 bits per heavy atom. The first-order valence-corrected chi connectivity index (χ1v) is 10.5. The van der Waals surface area contributed by atoms with Crippen LogP contribution in [0.2, 0.25) is 5.02 Å². The molecule has 2 nitrogen and oxygen atoms in total. The van der Waals surface area contributed by atoms with Crippen LogP contribution >= 0.6 is 11.6 Å². The van der Waals surface area contributed by atoms with Gasteiger partial charge in [-0.3, -0.25) is 0 Å². The van der Waals surface area contributed by atoms with Gasteiger partial charge in [0.15, 0.2) is 18.9 Å². The fraction of sp³-hybridized carbons (Fsp3) is 0.240. The Balaban J connectivity index is 1.50. The van der Waals surface area contributed by atoms with E-state index in [0.717, 1.165) is 23.7 Å². The molecule has 5 rings (SSSR count). The third-order valence-electron chi connectivity index (χ3n) is 5.86. The van der Waals surface area contributed by atoms with Crippen LogP contribution in [0, 0.1) is 0 Å². The lowest BCUT2D eigenvalue weighted by molar-refractivity contribution is -0.688. The van der Waals surface area contributed by atoms with Crippen LogP contribution in [0.4, 0.5) is 0 Å². The Morgan fingerprint density at radius 1 is 0.893 bits per heavy atom. The summed E-state index contributed by atoms with van der Waals surface area (Å²) < 4.78 is 4.77. The van der Waals surface area contributed by atoms with Crippen LogP contribution in [0.5, 0.6) is 0 Å². The summed E-state index contributed by atoms with van der Waals surface area (Å²) in [5.74, 6) is 0. The predicted octanol–water partition coefficient (Wildman–Crippen LogP) is 5.56. The van der Waals surface area contributed by atoms with Crippen molar-refractivity contribution in [1.29, 1.82) is 0 Å². The van der Waals surface area contributed by atoms with E-state index in [-0.39, 0.29) is 0 Å². The largest absolute Gasteiger partial charge is 0.340 e. The Labute approximate surface area is 171 Å². The van der Waals surface area contributed by atoms with Crippen molar-refractivity contribution in [3.8, 4) is 0 Å². The third kappa shape index (κ3) is 3.22. The smallest absolute Gasteiger partial charge is 0.175 e. The number of nitrogens with zero attached hydrogens (tertiary/aromatic N) is 2. The molecule has 0 unspecified atom stereocenters. The Kier molecular flexibility index (Phi) is 4.66. The molecule has 3 heteroatoms. The average Bonchev–Trinajstić information content (AvgIpc) is 3.04. The molecular formula is C25H24ClN2+. The molecule has 28 heavy (non-hydrogen) atoms. The highest BCUT2D eigenvalue weighted by molar-refractivity contribution is 6.31. The number of hydrogen-bond donors (Lipinski definition) is 0. The second-order valence-electron chi connectivity index (χ2n) is 7.71. The highest BCUT2D eigenvalue weighted by Gasteiger charge is 2.20. The number of fused-ring (bicyclic) bond motifs is 3. The quantitative estimate of drug-likeness (QED) is 0.405. The molecule has 0 aliphatic heterocycles. The zero-order chi connectivity index (χ0) is 18.9. The van der Waals surface area contributed by atoms with Crippen LogP contribution in [0.3, 0.4) is 0 Å². The maximum absolute atomic E-state index is 6.36. The number of pyridine rings is 1. The fourth-order valence-electron chi connectivity index (χ4n) is 4.54. The van der Waals surface area contributed by atoms with Gasteiger partial charge in [-0.1, -0.05) is 48.0 Å². The van der Waals surface area contributed by atoms with E-state index in [1.54, 1.807) is 5.56 Å². The molecule has 0 saturated heterocycles. The molecule has 0 atom stereocenters. The highest BCUT2D eigenvalue weighted by atomic mass is 35.5. The number of benzene rings is 2. The lowest BCUT2D eigenvalue weighted by Gasteiger charge is -2.16. The van der Waals surface area contributed by atoms with Crippen molar-refractivity contribution >= 4 is 22.5 Å². The average molecular weight is 388 g/mol. The summed E-state index contributed by atoms with van der Waals surface area (Å²) >= 11 is 6.36. The van der Waals surface area contributed by atoms with Crippen LogP contribution in [0.1, 0.15) is 35.2 Å². The van der Waals surface area contributed by atoms with Crippen LogP contribution < -0.4 is 4.57 Å². The van der Waals surface area contributed by atoms with Gasteiger partial charge in [0.2, 0.25) is 0 Å². The van der Waals surface area contributed by atoms with E-state index < -0.39 is 0 Å². The molecule has 1 aliphatic rings. The fourth-order valence-corrected chi connectivity index (χ4v) is 4.74. The summed E-state index contributed by atoms with van der Waals surface area (Å²) in [7, 11) is 0. The summed E-state index contributed by atoms with van der Waals surface area (Å²) in [6.07, 6.45) is 9.39. The molecule has 0 amide bonds. The van der Waals surface area contributed by atoms with Crippen molar-refractivity contribution < 1.29 is 4.57 Å². The van der Waals surface area contributed by atoms with E-state index in [1.165, 1.54) is 47.8 Å². The zero-order valence-electron chi connectivity index (χ0n) is 15.9. The van der Waals surface area contributed by atoms with Gasteiger partial charge in [0.1, 0.15) is 0 Å². The first kappa shape index (κ1) is 17.5. The first-order valence-electron chi connectivity index (χ1n) is 10.1. The maximum atomic E-state index is 6.36. The van der Waals surface area contributed by atoms with Gasteiger partial charge in [-0.25, -0.2) is 4.57 Å². The number of para-hydroxylation sites is 1. The van der Waals surface area contributed by atoms with Gasteiger partial charge in [-0.2, -0.15) is 0 Å². The van der Waals surface area contributed by atoms with Gasteiger partial charge in [-0.05, 0) is 49.4 Å². The summed E-state index contributed by atoms with van der Waals surface area (Å²) in [5.41, 5.74) is 6.95. The molecule has 0 saturated carbocycles. The summed E-state index contributed by atoms with van der Waals surface area (Å²) in [6, 6.07) is 21.3. The summed E-state index contributed by atoms with van der Waals surface area (Å²) in [4.78, 5) is 0. The Hall–Kier alpha value is -2.58. The van der Waals surface area contributed by atoms with Crippen molar-refractivity contribution in [3.63, 3.8) is 0 Å². The van der Waals surface area contributed by atoms with Crippen molar-refractivity contribution in [1.82, 2.24) is 4.57 Å². The molecule has 0 spiro atoms. The summed E-state index contributed by atoms with van der Waals surface area (Å²) in [6.45, 7) is 1.71. The summed E-state index contributed by atoms with van der Waals surface area (Å²) in [5, 5.41) is 2.27. The molecule has 2 heterocycles. The monoisotopic (exact) mass is 387 g/mol. The molecule has 2 aromatic carbocycles. The van der Waals surface area contributed by atoms with E-state index in [0.29, 0.717) is 0 Å². The van der Waals surface area contributed by atoms with Crippen LogP contribution in [-0.2, 0) is 25.9 Å². The van der Waals surface area contributed by atoms with Gasteiger partial charge < -0.3 is 4.57 Å². The van der Waals surface area contributed by atoms with E-state index in [2.05, 4.69) is 64.0 Å². The zero-order valence-corrected chi connectivity index (χ0v) is 16.7. The van der Waals surface area contributed by atoms with Gasteiger partial charge in [0.05, 0.1) is 11.6 Å². The van der Waals surface area contributed by atoms with Crippen molar-refractivity contribution in [3.05, 3.63) is 100 Å². The van der Waals surface area contributed by atoms with Gasteiger partial charge in [0.25, 0.3) is 0 Å². The highest BCUT2D eigenvalue weighted by Crippen LogP contribution is 2.32. The Morgan fingerprint density at radius 2 is 1.71 bits per heavy atom. The van der Waals surface area contributed by atoms with Crippen molar-refractivity contribution in [2.24, 2.45) is 0 Å². The third-order valence-corrected chi connectivity index (χ3v) is 6.22. The molecule has 4 aromatic rings. The van der Waals surface area contributed by atoms with Crippen molar-refractivity contribution in [2.45, 2.75) is 38.8 Å². The standard InChI is InChI=1S/C25H24ClN2/c26-23-12-4-1-9-20(23)18-27-15-7-8-19(16-27)17-28-24-13-5-2-10-21(24)22-11-3-6-14-25(22)28/h1-2,4-5,7-10,12-13,15-16H,3,6,11,14,17-18H2/q+1. The van der Waals surface area contributed by atoms with Crippen LogP contribution in [-0.4, -0.2) is 4.57 Å². The minimum absolute atomic E-state index is 0.790. The number of halogens is 1. The second-order valence-corrected chi connectivity index (χ2v) is 8.12. The topological polar surface area (TPSA) is 8.81 Å². The normalized spacial score (nSPS) is 13.6. The van der Waals surface area contributed by atoms with E-state index >= 15 is 0 Å². The van der Waals surface area contributed by atoms with Crippen molar-refractivity contribution in [2.75, 3.05) is 0 Å². The molecule has 2 aromatic heterocycles. The molecule has 0 fully saturated rings. The maximum Gasteiger partial charge on any atom is 0.175 e. The molecule has 140 valence electrons. The molecule has 0 N–H and O–H groups in total.